The van der Waals surface area contributed by atoms with E-state index in [4.69, 9.17) is 4.74 Å². The predicted octanol–water partition coefficient (Wildman–Crippen LogP) is 2.99. The van der Waals surface area contributed by atoms with Crippen molar-refractivity contribution in [3.8, 4) is 0 Å². The van der Waals surface area contributed by atoms with Crippen LogP contribution in [0.5, 0.6) is 0 Å². The van der Waals surface area contributed by atoms with E-state index in [0.29, 0.717) is 12.0 Å². The van der Waals surface area contributed by atoms with E-state index in [9.17, 15) is 4.79 Å². The van der Waals surface area contributed by atoms with Gasteiger partial charge < -0.3 is 15.0 Å². The van der Waals surface area contributed by atoms with Gasteiger partial charge in [-0.2, -0.15) is 0 Å². The Morgan fingerprint density at radius 2 is 2.14 bits per heavy atom. The fourth-order valence-corrected chi connectivity index (χ4v) is 2.60. The molecule has 1 N–H and O–H groups in total. The van der Waals surface area contributed by atoms with Crippen molar-refractivity contribution in [1.82, 2.24) is 15.2 Å². The highest BCUT2D eigenvalue weighted by Gasteiger charge is 2.29. The number of nitrogens with one attached hydrogen (secondary N) is 1. The van der Waals surface area contributed by atoms with Crippen LogP contribution in [0.3, 0.4) is 0 Å². The van der Waals surface area contributed by atoms with Crippen LogP contribution in [-0.4, -0.2) is 41.2 Å². The van der Waals surface area contributed by atoms with Gasteiger partial charge in [-0.25, -0.2) is 4.79 Å². The third-order valence-corrected chi connectivity index (χ3v) is 3.86. The van der Waals surface area contributed by atoms with Gasteiger partial charge in [0, 0.05) is 38.1 Å². The number of aromatic nitrogens is 1. The second-order valence-electron chi connectivity index (χ2n) is 6.99. The molecule has 5 heteroatoms. The zero-order chi connectivity index (χ0) is 16.2. The SMILES string of the molecule is CC(NCC1CCN(C(=O)OC(C)(C)C)C1)c1ccncc1. The molecule has 1 saturated heterocycles. The van der Waals surface area contributed by atoms with Crippen LogP contribution in [0.25, 0.3) is 0 Å². The van der Waals surface area contributed by atoms with Gasteiger partial charge >= 0.3 is 6.09 Å². The maximum Gasteiger partial charge on any atom is 0.410 e. The summed E-state index contributed by atoms with van der Waals surface area (Å²) in [6.07, 6.45) is 4.45. The third kappa shape index (κ3) is 4.98. The Balaban J connectivity index is 1.76. The summed E-state index contributed by atoms with van der Waals surface area (Å²) in [7, 11) is 0. The number of carbonyl (C=O) groups is 1. The van der Waals surface area contributed by atoms with Crippen LogP contribution in [0, 0.1) is 5.92 Å². The Labute approximate surface area is 133 Å². The topological polar surface area (TPSA) is 54.5 Å². The number of carbonyl (C=O) groups excluding carboxylic acids is 1. The first-order valence-corrected chi connectivity index (χ1v) is 7.96. The minimum atomic E-state index is -0.427. The Hall–Kier alpha value is -1.62. The molecule has 0 bridgehead atoms. The second-order valence-corrected chi connectivity index (χ2v) is 6.99. The van der Waals surface area contributed by atoms with Crippen molar-refractivity contribution >= 4 is 6.09 Å². The van der Waals surface area contributed by atoms with Crippen LogP contribution in [0.1, 0.15) is 45.7 Å². The molecule has 2 unspecified atom stereocenters. The molecule has 0 radical (unpaired) electrons. The molecular weight excluding hydrogens is 278 g/mol. The van der Waals surface area contributed by atoms with Crippen molar-refractivity contribution in [2.45, 2.75) is 45.8 Å². The van der Waals surface area contributed by atoms with E-state index in [1.54, 1.807) is 0 Å². The molecule has 2 rings (SSSR count). The van der Waals surface area contributed by atoms with Crippen molar-refractivity contribution in [3.63, 3.8) is 0 Å². The smallest absolute Gasteiger partial charge is 0.410 e. The number of amides is 1. The van der Waals surface area contributed by atoms with Crippen LogP contribution < -0.4 is 5.32 Å². The average molecular weight is 305 g/mol. The molecule has 0 saturated carbocycles. The number of pyridine rings is 1. The molecule has 1 amide bonds. The normalized spacial score (nSPS) is 20.0. The van der Waals surface area contributed by atoms with E-state index in [1.807, 2.05) is 50.2 Å². The summed E-state index contributed by atoms with van der Waals surface area (Å²) in [5, 5.41) is 3.54. The Bertz CT molecular complexity index is 484. The summed E-state index contributed by atoms with van der Waals surface area (Å²) < 4.78 is 5.42. The number of ether oxygens (including phenoxy) is 1. The lowest BCUT2D eigenvalue weighted by molar-refractivity contribution is 0.0288. The number of hydrogen-bond acceptors (Lipinski definition) is 4. The van der Waals surface area contributed by atoms with E-state index in [1.165, 1.54) is 5.56 Å². The van der Waals surface area contributed by atoms with Gasteiger partial charge in [-0.3, -0.25) is 4.98 Å². The van der Waals surface area contributed by atoms with Gasteiger partial charge in [-0.05, 0) is 57.7 Å². The molecule has 5 nitrogen and oxygen atoms in total. The van der Waals surface area contributed by atoms with Crippen molar-refractivity contribution < 1.29 is 9.53 Å². The van der Waals surface area contributed by atoms with Gasteiger partial charge in [-0.1, -0.05) is 0 Å². The lowest BCUT2D eigenvalue weighted by atomic mass is 10.1. The van der Waals surface area contributed by atoms with Crippen LogP contribution in [0.2, 0.25) is 0 Å². The molecule has 22 heavy (non-hydrogen) atoms. The van der Waals surface area contributed by atoms with Gasteiger partial charge in [0.15, 0.2) is 0 Å². The average Bonchev–Trinajstić information content (AvgIpc) is 2.93. The molecule has 122 valence electrons. The standard InChI is InChI=1S/C17H27N3O2/c1-13(15-5-8-18-9-6-15)19-11-14-7-10-20(12-14)16(21)22-17(2,3)4/h5-6,8-9,13-14,19H,7,10-12H2,1-4H3. The van der Waals surface area contributed by atoms with E-state index >= 15 is 0 Å². The highest BCUT2D eigenvalue weighted by Crippen LogP contribution is 2.20. The lowest BCUT2D eigenvalue weighted by Gasteiger charge is -2.24. The second kappa shape index (κ2) is 7.09. The summed E-state index contributed by atoms with van der Waals surface area (Å²) in [5.74, 6) is 0.483. The molecule has 1 aromatic rings. The number of hydrogen-bond donors (Lipinski definition) is 1. The highest BCUT2D eigenvalue weighted by atomic mass is 16.6. The summed E-state index contributed by atoms with van der Waals surface area (Å²) >= 11 is 0. The van der Waals surface area contributed by atoms with Gasteiger partial charge in [0.05, 0.1) is 0 Å². The Morgan fingerprint density at radius 1 is 1.45 bits per heavy atom. The van der Waals surface area contributed by atoms with E-state index in [0.717, 1.165) is 26.1 Å². The van der Waals surface area contributed by atoms with E-state index in [-0.39, 0.29) is 6.09 Å². The fourth-order valence-electron chi connectivity index (χ4n) is 2.60. The van der Waals surface area contributed by atoms with Crippen LogP contribution in [-0.2, 0) is 4.74 Å². The van der Waals surface area contributed by atoms with Crippen LogP contribution >= 0.6 is 0 Å². The first kappa shape index (κ1) is 16.7. The van der Waals surface area contributed by atoms with E-state index in [2.05, 4.69) is 17.2 Å². The van der Waals surface area contributed by atoms with Crippen molar-refractivity contribution in [2.24, 2.45) is 5.92 Å². The maximum absolute atomic E-state index is 12.0. The monoisotopic (exact) mass is 305 g/mol. The van der Waals surface area contributed by atoms with Gasteiger partial charge in [0.1, 0.15) is 5.60 Å². The van der Waals surface area contributed by atoms with Crippen LogP contribution in [0.4, 0.5) is 4.79 Å². The van der Waals surface area contributed by atoms with Gasteiger partial charge in [0.2, 0.25) is 0 Å². The fraction of sp³-hybridized carbons (Fsp3) is 0.647. The molecule has 1 aliphatic rings. The van der Waals surface area contributed by atoms with Gasteiger partial charge in [-0.15, -0.1) is 0 Å². The number of likely N-dealkylation sites (tertiary alicyclic amines) is 1. The van der Waals surface area contributed by atoms with Crippen molar-refractivity contribution in [3.05, 3.63) is 30.1 Å². The summed E-state index contributed by atoms with van der Waals surface area (Å²) in [6, 6.07) is 4.34. The highest BCUT2D eigenvalue weighted by molar-refractivity contribution is 5.68. The summed E-state index contributed by atoms with van der Waals surface area (Å²) in [4.78, 5) is 17.9. The van der Waals surface area contributed by atoms with Crippen LogP contribution in [0.15, 0.2) is 24.5 Å². The molecule has 1 fully saturated rings. The Morgan fingerprint density at radius 3 is 2.77 bits per heavy atom. The summed E-state index contributed by atoms with van der Waals surface area (Å²) in [6.45, 7) is 10.3. The van der Waals surface area contributed by atoms with Gasteiger partial charge in [0.25, 0.3) is 0 Å². The first-order valence-electron chi connectivity index (χ1n) is 7.96. The zero-order valence-electron chi connectivity index (χ0n) is 14.0. The molecule has 1 aliphatic heterocycles. The largest absolute Gasteiger partial charge is 0.444 e. The minimum absolute atomic E-state index is 0.197. The molecule has 2 atom stereocenters. The molecule has 0 aliphatic carbocycles. The molecule has 0 aromatic carbocycles. The quantitative estimate of drug-likeness (QED) is 0.929. The first-order chi connectivity index (χ1) is 10.3. The van der Waals surface area contributed by atoms with E-state index < -0.39 is 5.60 Å². The van der Waals surface area contributed by atoms with Crippen molar-refractivity contribution in [2.75, 3.05) is 19.6 Å². The zero-order valence-corrected chi connectivity index (χ0v) is 14.0. The Kier molecular flexibility index (Phi) is 5.40. The summed E-state index contributed by atoms with van der Waals surface area (Å²) in [5.41, 5.74) is 0.806. The number of nitrogens with zero attached hydrogens (tertiary/aromatic N) is 2. The molecule has 0 spiro atoms. The molecule has 1 aromatic heterocycles. The lowest BCUT2D eigenvalue weighted by Crippen LogP contribution is -2.36. The number of rotatable bonds is 4. The molecule has 2 heterocycles. The minimum Gasteiger partial charge on any atom is -0.444 e. The predicted molar refractivity (Wildman–Crippen MR) is 86.6 cm³/mol. The van der Waals surface area contributed by atoms with Crippen molar-refractivity contribution in [1.29, 1.82) is 0 Å². The maximum atomic E-state index is 12.0. The third-order valence-electron chi connectivity index (χ3n) is 3.86. The molecular formula is C17H27N3O2.